The standard InChI is InChI=1S/C17H18N2O2/c1-21-17(20)12-11-14-7-9-15(10-8-14)13-18-19-16-5-3-2-4-6-16/h2-12,18-19H,13H2,1H3. The molecule has 0 unspecified atom stereocenters. The number of hydrazine groups is 1. The number of nitrogens with one attached hydrogen (secondary N) is 2. The van der Waals surface area contributed by atoms with Crippen LogP contribution in [0.3, 0.4) is 0 Å². The first kappa shape index (κ1) is 14.8. The van der Waals surface area contributed by atoms with Crippen LogP contribution in [0.5, 0.6) is 0 Å². The zero-order valence-corrected chi connectivity index (χ0v) is 11.9. The Hall–Kier alpha value is -2.59. The zero-order valence-electron chi connectivity index (χ0n) is 11.9. The van der Waals surface area contributed by atoms with Crippen molar-refractivity contribution >= 4 is 17.7 Å². The molecule has 0 fully saturated rings. The van der Waals surface area contributed by atoms with Crippen LogP contribution in [0.1, 0.15) is 11.1 Å². The second-order valence-electron chi connectivity index (χ2n) is 4.44. The summed E-state index contributed by atoms with van der Waals surface area (Å²) in [5.41, 5.74) is 9.41. The van der Waals surface area contributed by atoms with E-state index in [0.717, 1.165) is 16.8 Å². The van der Waals surface area contributed by atoms with Crippen LogP contribution in [-0.2, 0) is 16.1 Å². The smallest absolute Gasteiger partial charge is 0.330 e. The summed E-state index contributed by atoms with van der Waals surface area (Å²) in [5, 5.41) is 0. The van der Waals surface area contributed by atoms with E-state index in [-0.39, 0.29) is 5.97 Å². The average molecular weight is 282 g/mol. The first-order chi connectivity index (χ1) is 10.3. The van der Waals surface area contributed by atoms with E-state index in [4.69, 9.17) is 0 Å². The molecule has 4 heteroatoms. The van der Waals surface area contributed by atoms with Gasteiger partial charge in [-0.15, -0.1) is 0 Å². The number of hydrogen-bond donors (Lipinski definition) is 2. The fourth-order valence-corrected chi connectivity index (χ4v) is 1.75. The van der Waals surface area contributed by atoms with Gasteiger partial charge in [0.1, 0.15) is 0 Å². The summed E-state index contributed by atoms with van der Waals surface area (Å²) < 4.78 is 4.55. The Morgan fingerprint density at radius 3 is 2.48 bits per heavy atom. The van der Waals surface area contributed by atoms with Gasteiger partial charge in [0.05, 0.1) is 7.11 Å². The maximum absolute atomic E-state index is 11.0. The molecule has 0 aliphatic heterocycles. The second kappa shape index (κ2) is 7.87. The van der Waals surface area contributed by atoms with Crippen LogP contribution in [0.15, 0.2) is 60.7 Å². The number of hydrogen-bond acceptors (Lipinski definition) is 4. The Balaban J connectivity index is 1.82. The van der Waals surface area contributed by atoms with Crippen LogP contribution in [0, 0.1) is 0 Å². The summed E-state index contributed by atoms with van der Waals surface area (Å²) in [7, 11) is 1.36. The van der Waals surface area contributed by atoms with Crippen molar-refractivity contribution in [2.75, 3.05) is 12.5 Å². The summed E-state index contributed by atoms with van der Waals surface area (Å²) in [6.07, 6.45) is 3.13. The van der Waals surface area contributed by atoms with Gasteiger partial charge in [-0.1, -0.05) is 42.5 Å². The average Bonchev–Trinajstić information content (AvgIpc) is 2.55. The maximum atomic E-state index is 11.0. The minimum Gasteiger partial charge on any atom is -0.466 e. The van der Waals surface area contributed by atoms with Gasteiger partial charge in [-0.25, -0.2) is 10.2 Å². The minimum atomic E-state index is -0.354. The van der Waals surface area contributed by atoms with E-state index in [1.54, 1.807) is 6.08 Å². The van der Waals surface area contributed by atoms with Gasteiger partial charge in [0.15, 0.2) is 0 Å². The molecule has 0 amide bonds. The molecule has 2 rings (SSSR count). The summed E-state index contributed by atoms with van der Waals surface area (Å²) in [4.78, 5) is 11.0. The lowest BCUT2D eigenvalue weighted by atomic mass is 10.1. The van der Waals surface area contributed by atoms with Crippen LogP contribution in [0.2, 0.25) is 0 Å². The summed E-state index contributed by atoms with van der Waals surface area (Å²) in [6.45, 7) is 0.704. The fraction of sp³-hybridized carbons (Fsp3) is 0.118. The Morgan fingerprint density at radius 2 is 1.81 bits per heavy atom. The van der Waals surface area contributed by atoms with Crippen molar-refractivity contribution in [2.24, 2.45) is 0 Å². The predicted octanol–water partition coefficient (Wildman–Crippen LogP) is 2.99. The predicted molar refractivity (Wildman–Crippen MR) is 84.4 cm³/mol. The number of ether oxygens (including phenoxy) is 1. The lowest BCUT2D eigenvalue weighted by Gasteiger charge is -2.08. The molecule has 0 saturated carbocycles. The highest BCUT2D eigenvalue weighted by atomic mass is 16.5. The highest BCUT2D eigenvalue weighted by Gasteiger charge is 1.95. The van der Waals surface area contributed by atoms with E-state index in [1.165, 1.54) is 13.2 Å². The molecule has 21 heavy (non-hydrogen) atoms. The fourth-order valence-electron chi connectivity index (χ4n) is 1.75. The molecule has 0 aromatic heterocycles. The lowest BCUT2D eigenvalue weighted by molar-refractivity contribution is -0.134. The maximum Gasteiger partial charge on any atom is 0.330 e. The normalized spacial score (nSPS) is 10.5. The molecule has 0 saturated heterocycles. The van der Waals surface area contributed by atoms with Gasteiger partial charge in [0.2, 0.25) is 0 Å². The molecular formula is C17H18N2O2. The number of carbonyl (C=O) groups excluding carboxylic acids is 1. The third-order valence-corrected chi connectivity index (χ3v) is 2.89. The number of para-hydroxylation sites is 1. The van der Waals surface area contributed by atoms with Crippen LogP contribution < -0.4 is 10.9 Å². The number of methoxy groups -OCH3 is 1. The van der Waals surface area contributed by atoms with Crippen molar-refractivity contribution < 1.29 is 9.53 Å². The third kappa shape index (κ3) is 5.12. The Labute approximate surface area is 124 Å². The number of anilines is 1. The first-order valence-electron chi connectivity index (χ1n) is 6.67. The summed E-state index contributed by atoms with van der Waals surface area (Å²) in [6, 6.07) is 17.9. The SMILES string of the molecule is COC(=O)C=Cc1ccc(CNNc2ccccc2)cc1. The zero-order chi connectivity index (χ0) is 14.9. The Kier molecular flexibility index (Phi) is 5.55. The monoisotopic (exact) mass is 282 g/mol. The van der Waals surface area contributed by atoms with Crippen molar-refractivity contribution in [1.29, 1.82) is 0 Å². The number of esters is 1. The van der Waals surface area contributed by atoms with Gasteiger partial charge >= 0.3 is 5.97 Å². The van der Waals surface area contributed by atoms with Crippen LogP contribution in [-0.4, -0.2) is 13.1 Å². The van der Waals surface area contributed by atoms with Gasteiger partial charge in [0.25, 0.3) is 0 Å². The lowest BCUT2D eigenvalue weighted by Crippen LogP contribution is -2.20. The van der Waals surface area contributed by atoms with E-state index in [1.807, 2.05) is 54.6 Å². The van der Waals surface area contributed by atoms with E-state index in [0.29, 0.717) is 6.54 Å². The third-order valence-electron chi connectivity index (χ3n) is 2.89. The second-order valence-corrected chi connectivity index (χ2v) is 4.44. The van der Waals surface area contributed by atoms with Crippen molar-refractivity contribution in [3.8, 4) is 0 Å². The Morgan fingerprint density at radius 1 is 1.10 bits per heavy atom. The van der Waals surface area contributed by atoms with Crippen LogP contribution >= 0.6 is 0 Å². The molecule has 108 valence electrons. The summed E-state index contributed by atoms with van der Waals surface area (Å²) in [5.74, 6) is -0.354. The quantitative estimate of drug-likeness (QED) is 0.486. The molecule has 0 aliphatic rings. The van der Waals surface area contributed by atoms with Gasteiger partial charge in [-0.2, -0.15) is 0 Å². The van der Waals surface area contributed by atoms with Crippen LogP contribution in [0.25, 0.3) is 6.08 Å². The topological polar surface area (TPSA) is 50.4 Å². The minimum absolute atomic E-state index is 0.354. The molecule has 0 bridgehead atoms. The molecule has 0 aliphatic carbocycles. The molecule has 0 spiro atoms. The van der Waals surface area contributed by atoms with E-state index in [9.17, 15) is 4.79 Å². The summed E-state index contributed by atoms with van der Waals surface area (Å²) >= 11 is 0. The number of carbonyl (C=O) groups is 1. The number of rotatable bonds is 6. The van der Waals surface area contributed by atoms with Crippen LogP contribution in [0.4, 0.5) is 5.69 Å². The van der Waals surface area contributed by atoms with E-state index in [2.05, 4.69) is 15.6 Å². The molecule has 4 nitrogen and oxygen atoms in total. The van der Waals surface area contributed by atoms with E-state index < -0.39 is 0 Å². The Bertz CT molecular complexity index is 592. The molecular weight excluding hydrogens is 264 g/mol. The van der Waals surface area contributed by atoms with Crippen molar-refractivity contribution in [3.63, 3.8) is 0 Å². The molecule has 2 aromatic rings. The highest BCUT2D eigenvalue weighted by molar-refractivity contribution is 5.86. The molecule has 2 N–H and O–H groups in total. The van der Waals surface area contributed by atoms with Gasteiger partial charge in [-0.05, 0) is 29.3 Å². The van der Waals surface area contributed by atoms with Gasteiger partial charge in [0, 0.05) is 18.3 Å². The van der Waals surface area contributed by atoms with Crippen molar-refractivity contribution in [3.05, 3.63) is 71.8 Å². The molecule has 0 radical (unpaired) electrons. The van der Waals surface area contributed by atoms with Crippen molar-refractivity contribution in [1.82, 2.24) is 5.43 Å². The van der Waals surface area contributed by atoms with Gasteiger partial charge < -0.3 is 10.2 Å². The van der Waals surface area contributed by atoms with E-state index >= 15 is 0 Å². The molecule has 2 aromatic carbocycles. The largest absolute Gasteiger partial charge is 0.466 e. The molecule has 0 heterocycles. The molecule has 0 atom stereocenters. The van der Waals surface area contributed by atoms with Crippen molar-refractivity contribution in [2.45, 2.75) is 6.54 Å². The number of benzene rings is 2. The van der Waals surface area contributed by atoms with Gasteiger partial charge in [-0.3, -0.25) is 0 Å². The highest BCUT2D eigenvalue weighted by Crippen LogP contribution is 2.07. The first-order valence-corrected chi connectivity index (χ1v) is 6.67.